The number of nitrogens with zero attached hydrogens (tertiary/aromatic N) is 2. The highest BCUT2D eigenvalue weighted by Crippen LogP contribution is 2.34. The van der Waals surface area contributed by atoms with E-state index in [4.69, 9.17) is 0 Å². The zero-order chi connectivity index (χ0) is 16.6. The molecule has 3 rings (SSSR count). The number of aromatic hydroxyl groups is 1. The third kappa shape index (κ3) is 3.01. The highest BCUT2D eigenvalue weighted by Gasteiger charge is 2.51. The summed E-state index contributed by atoms with van der Waals surface area (Å²) in [5, 5.41) is 17.6. The summed E-state index contributed by atoms with van der Waals surface area (Å²) in [6, 6.07) is 2.83. The summed E-state index contributed by atoms with van der Waals surface area (Å²) in [5.41, 5.74) is -0.400. The Labute approximate surface area is 150 Å². The lowest BCUT2D eigenvalue weighted by atomic mass is 9.82. The molecule has 23 heavy (non-hydrogen) atoms. The Morgan fingerprint density at radius 1 is 1.22 bits per heavy atom. The van der Waals surface area contributed by atoms with Gasteiger partial charge in [0.15, 0.2) is 0 Å². The molecule has 1 spiro atoms. The number of benzene rings is 1. The maximum Gasteiger partial charge on any atom is 0.346 e. The highest BCUT2D eigenvalue weighted by molar-refractivity contribution is 9.11. The number of phenols is 1. The monoisotopic (exact) mass is 443 g/mol. The Morgan fingerprint density at radius 3 is 2.61 bits per heavy atom. The average molecular weight is 445 g/mol. The van der Waals surface area contributed by atoms with Crippen LogP contribution in [0.1, 0.15) is 37.7 Å². The van der Waals surface area contributed by atoms with E-state index in [1.54, 1.807) is 12.1 Å². The molecule has 2 fully saturated rings. The summed E-state index contributed by atoms with van der Waals surface area (Å²) in [6.07, 6.45) is 5.53. The van der Waals surface area contributed by atoms with Gasteiger partial charge in [-0.15, -0.1) is 5.01 Å². The van der Waals surface area contributed by atoms with Gasteiger partial charge in [0.25, 0.3) is 5.91 Å². The van der Waals surface area contributed by atoms with Gasteiger partial charge in [-0.05, 0) is 40.9 Å². The lowest BCUT2D eigenvalue weighted by molar-refractivity contribution is -0.132. The Hall–Kier alpha value is -1.41. The van der Waals surface area contributed by atoms with Crippen molar-refractivity contribution >= 4 is 50.0 Å². The standard InChI is InChI=1S/C15H15Br2N3O3/c16-10-6-9(12(21)11(17)7-10)8-18-20-13(22)15(19-14(20)23)4-2-1-3-5-15/h6-8,21H,1-5H2,(H,19,23). The van der Waals surface area contributed by atoms with E-state index in [0.717, 1.165) is 28.7 Å². The van der Waals surface area contributed by atoms with Crippen molar-refractivity contribution in [2.45, 2.75) is 37.6 Å². The van der Waals surface area contributed by atoms with Crippen LogP contribution in [0.5, 0.6) is 5.75 Å². The zero-order valence-electron chi connectivity index (χ0n) is 12.2. The molecule has 3 amide bonds. The summed E-state index contributed by atoms with van der Waals surface area (Å²) in [7, 11) is 0. The normalized spacial score (nSPS) is 20.5. The summed E-state index contributed by atoms with van der Waals surface area (Å²) in [6.45, 7) is 0. The topological polar surface area (TPSA) is 82.0 Å². The molecule has 1 aliphatic carbocycles. The number of hydrogen-bond donors (Lipinski definition) is 2. The molecule has 0 atom stereocenters. The fourth-order valence-corrected chi connectivity index (χ4v) is 4.27. The number of nitrogens with one attached hydrogen (secondary N) is 1. The molecule has 1 aromatic carbocycles. The number of urea groups is 1. The van der Waals surface area contributed by atoms with Crippen molar-refractivity contribution < 1.29 is 14.7 Å². The third-order valence-corrected chi connectivity index (χ3v) is 5.28. The van der Waals surface area contributed by atoms with Crippen molar-refractivity contribution in [3.8, 4) is 5.75 Å². The molecule has 0 bridgehead atoms. The van der Waals surface area contributed by atoms with E-state index in [9.17, 15) is 14.7 Å². The van der Waals surface area contributed by atoms with Crippen molar-refractivity contribution in [1.82, 2.24) is 10.3 Å². The molecule has 2 aliphatic rings. The average Bonchev–Trinajstić information content (AvgIpc) is 2.73. The van der Waals surface area contributed by atoms with E-state index in [2.05, 4.69) is 42.3 Å². The molecule has 0 unspecified atom stereocenters. The van der Waals surface area contributed by atoms with Crippen LogP contribution in [0.15, 0.2) is 26.2 Å². The van der Waals surface area contributed by atoms with Gasteiger partial charge in [0, 0.05) is 10.0 Å². The van der Waals surface area contributed by atoms with Gasteiger partial charge in [-0.3, -0.25) is 4.79 Å². The predicted molar refractivity (Wildman–Crippen MR) is 92.3 cm³/mol. The second kappa shape index (κ2) is 6.24. The SMILES string of the molecule is O=C1NC2(CCCCC2)C(=O)N1N=Cc1cc(Br)cc(Br)c1O. The summed E-state index contributed by atoms with van der Waals surface area (Å²) in [4.78, 5) is 24.7. The van der Waals surface area contributed by atoms with E-state index in [1.165, 1.54) is 6.21 Å². The number of imide groups is 1. The van der Waals surface area contributed by atoms with Crippen molar-refractivity contribution in [2.75, 3.05) is 0 Å². The molecule has 0 aromatic heterocycles. The lowest BCUT2D eigenvalue weighted by Crippen LogP contribution is -2.48. The smallest absolute Gasteiger partial charge is 0.346 e. The Bertz CT molecular complexity index is 699. The van der Waals surface area contributed by atoms with Crippen molar-refractivity contribution in [3.05, 3.63) is 26.6 Å². The van der Waals surface area contributed by atoms with Gasteiger partial charge in [0.2, 0.25) is 0 Å². The quantitative estimate of drug-likeness (QED) is 0.540. The number of rotatable bonds is 2. The summed E-state index contributed by atoms with van der Waals surface area (Å²) < 4.78 is 1.24. The third-order valence-electron chi connectivity index (χ3n) is 4.22. The van der Waals surface area contributed by atoms with Crippen LogP contribution in [0.3, 0.4) is 0 Å². The van der Waals surface area contributed by atoms with Gasteiger partial charge >= 0.3 is 6.03 Å². The van der Waals surface area contributed by atoms with Crippen LogP contribution in [0.4, 0.5) is 4.79 Å². The molecule has 8 heteroatoms. The minimum atomic E-state index is -0.799. The van der Waals surface area contributed by atoms with E-state index in [1.807, 2.05) is 0 Å². The maximum absolute atomic E-state index is 12.6. The molecule has 1 saturated carbocycles. The number of carbonyl (C=O) groups is 2. The highest BCUT2D eigenvalue weighted by atomic mass is 79.9. The van der Waals surface area contributed by atoms with E-state index in [0.29, 0.717) is 22.9 Å². The predicted octanol–water partition coefficient (Wildman–Crippen LogP) is 3.51. The van der Waals surface area contributed by atoms with Gasteiger partial charge in [0.1, 0.15) is 11.3 Å². The first-order chi connectivity index (χ1) is 10.9. The van der Waals surface area contributed by atoms with Gasteiger partial charge in [-0.2, -0.15) is 5.10 Å². The molecule has 0 radical (unpaired) electrons. The van der Waals surface area contributed by atoms with Crippen LogP contribution in [-0.4, -0.2) is 33.8 Å². The molecule has 1 saturated heterocycles. The van der Waals surface area contributed by atoms with Crippen LogP contribution >= 0.6 is 31.9 Å². The zero-order valence-corrected chi connectivity index (χ0v) is 15.4. The van der Waals surface area contributed by atoms with Gasteiger partial charge in [0.05, 0.1) is 10.7 Å². The fourth-order valence-electron chi connectivity index (χ4n) is 3.01. The number of halogens is 2. The first-order valence-corrected chi connectivity index (χ1v) is 8.90. The molecular weight excluding hydrogens is 430 g/mol. The minimum absolute atomic E-state index is 0.00335. The van der Waals surface area contributed by atoms with Crippen LogP contribution < -0.4 is 5.32 Å². The van der Waals surface area contributed by atoms with Crippen molar-refractivity contribution in [3.63, 3.8) is 0 Å². The first kappa shape index (κ1) is 16.4. The first-order valence-electron chi connectivity index (χ1n) is 7.32. The van der Waals surface area contributed by atoms with Crippen LogP contribution in [0.2, 0.25) is 0 Å². The van der Waals surface area contributed by atoms with E-state index in [-0.39, 0.29) is 11.7 Å². The van der Waals surface area contributed by atoms with Crippen LogP contribution in [-0.2, 0) is 4.79 Å². The van der Waals surface area contributed by atoms with E-state index >= 15 is 0 Å². The largest absolute Gasteiger partial charge is 0.506 e. The maximum atomic E-state index is 12.6. The number of amides is 3. The minimum Gasteiger partial charge on any atom is -0.506 e. The number of hydrogen-bond acceptors (Lipinski definition) is 4. The second-order valence-corrected chi connectivity index (χ2v) is 7.53. The summed E-state index contributed by atoms with van der Waals surface area (Å²) in [5.74, 6) is -0.316. The Kier molecular flexibility index (Phi) is 4.46. The molecule has 1 aliphatic heterocycles. The molecule has 1 aromatic rings. The number of carbonyl (C=O) groups excluding carboxylic acids is 2. The Morgan fingerprint density at radius 2 is 1.91 bits per heavy atom. The Balaban J connectivity index is 1.85. The van der Waals surface area contributed by atoms with Crippen molar-refractivity contribution in [1.29, 1.82) is 0 Å². The van der Waals surface area contributed by atoms with Gasteiger partial charge in [-0.1, -0.05) is 35.2 Å². The number of hydrazone groups is 1. The van der Waals surface area contributed by atoms with E-state index < -0.39 is 11.6 Å². The fraction of sp³-hybridized carbons (Fsp3) is 0.400. The lowest BCUT2D eigenvalue weighted by Gasteiger charge is -2.29. The molecular formula is C15H15Br2N3O3. The molecule has 1 heterocycles. The van der Waals surface area contributed by atoms with Gasteiger partial charge in [-0.25, -0.2) is 4.79 Å². The van der Waals surface area contributed by atoms with Crippen LogP contribution in [0, 0.1) is 0 Å². The molecule has 6 nitrogen and oxygen atoms in total. The van der Waals surface area contributed by atoms with Gasteiger partial charge < -0.3 is 10.4 Å². The second-order valence-electron chi connectivity index (χ2n) is 5.76. The molecule has 122 valence electrons. The summed E-state index contributed by atoms with van der Waals surface area (Å²) >= 11 is 6.55. The van der Waals surface area contributed by atoms with Crippen molar-refractivity contribution in [2.24, 2.45) is 5.10 Å². The van der Waals surface area contributed by atoms with Crippen LogP contribution in [0.25, 0.3) is 0 Å². The number of phenolic OH excluding ortho intramolecular Hbond substituents is 1. The molecule has 2 N–H and O–H groups in total.